The van der Waals surface area contributed by atoms with Gasteiger partial charge >= 0.3 is 0 Å². The number of benzene rings is 2. The number of rotatable bonds is 2. The molecule has 76 valence electrons. The molecule has 0 aliphatic heterocycles. The second-order valence-electron chi connectivity index (χ2n) is 3.28. The van der Waals surface area contributed by atoms with E-state index in [9.17, 15) is 4.79 Å². The Labute approximate surface area is 97.6 Å². The summed E-state index contributed by atoms with van der Waals surface area (Å²) in [5, 5.41) is 2.04. The van der Waals surface area contributed by atoms with Crippen LogP contribution in [0.2, 0.25) is 0 Å². The minimum Gasteiger partial charge on any atom is -0.298 e. The summed E-state index contributed by atoms with van der Waals surface area (Å²) in [6.45, 7) is 0. The molecule has 1 nitrogen and oxygen atoms in total. The molecule has 0 saturated carbocycles. The van der Waals surface area contributed by atoms with E-state index in [2.05, 4.69) is 0 Å². The monoisotopic (exact) mass is 238 g/mol. The van der Waals surface area contributed by atoms with Crippen molar-refractivity contribution in [2.45, 2.75) is 4.84 Å². The molecule has 0 spiro atoms. The van der Waals surface area contributed by atoms with E-state index in [0.29, 0.717) is 5.56 Å². The number of carbonyl (C=O) groups excluding carboxylic acids is 1. The summed E-state index contributed by atoms with van der Waals surface area (Å²) in [5.74, 6) is 0. The minimum atomic E-state index is -0.514. The van der Waals surface area contributed by atoms with Crippen LogP contribution < -0.4 is 0 Å². The van der Waals surface area contributed by atoms with Gasteiger partial charge in [-0.3, -0.25) is 4.79 Å². The average molecular weight is 239 g/mol. The first-order chi connectivity index (χ1) is 7.20. The summed E-state index contributed by atoms with van der Waals surface area (Å²) in [6.07, 6.45) is 0.833. The standard InChI is InChI=1S/C12H8Cl2O/c13-12(14)11-4-3-9-5-8(7-15)1-2-10(9)6-11/h1-7,12H. The zero-order valence-corrected chi connectivity index (χ0v) is 9.29. The summed E-state index contributed by atoms with van der Waals surface area (Å²) in [6, 6.07) is 11.2. The molecule has 0 aromatic heterocycles. The summed E-state index contributed by atoms with van der Waals surface area (Å²) in [4.78, 5) is 10.1. The fourth-order valence-corrected chi connectivity index (χ4v) is 1.76. The molecule has 0 atom stereocenters. The van der Waals surface area contributed by atoms with E-state index in [1.165, 1.54) is 0 Å². The molecule has 0 fully saturated rings. The lowest BCUT2D eigenvalue weighted by Crippen LogP contribution is -1.84. The fraction of sp³-hybridized carbons (Fsp3) is 0.0833. The molecular weight excluding hydrogens is 231 g/mol. The molecule has 0 bridgehead atoms. The molecule has 2 aromatic carbocycles. The van der Waals surface area contributed by atoms with Crippen molar-refractivity contribution >= 4 is 40.3 Å². The van der Waals surface area contributed by atoms with E-state index >= 15 is 0 Å². The molecule has 0 radical (unpaired) electrons. The van der Waals surface area contributed by atoms with Crippen LogP contribution in [0, 0.1) is 0 Å². The molecule has 3 heteroatoms. The van der Waals surface area contributed by atoms with Crippen LogP contribution in [0.3, 0.4) is 0 Å². The van der Waals surface area contributed by atoms with Crippen molar-refractivity contribution in [2.75, 3.05) is 0 Å². The zero-order valence-electron chi connectivity index (χ0n) is 7.78. The SMILES string of the molecule is O=Cc1ccc2cc(C(Cl)Cl)ccc2c1. The highest BCUT2D eigenvalue weighted by molar-refractivity contribution is 6.44. The maximum Gasteiger partial charge on any atom is 0.150 e. The van der Waals surface area contributed by atoms with Crippen molar-refractivity contribution in [2.24, 2.45) is 0 Å². The zero-order chi connectivity index (χ0) is 10.8. The number of halogens is 2. The van der Waals surface area contributed by atoms with Gasteiger partial charge in [0.15, 0.2) is 0 Å². The Morgan fingerprint density at radius 1 is 1.00 bits per heavy atom. The topological polar surface area (TPSA) is 17.1 Å². The number of carbonyl (C=O) groups is 1. The average Bonchev–Trinajstić information content (AvgIpc) is 2.27. The van der Waals surface area contributed by atoms with Gasteiger partial charge in [0.2, 0.25) is 0 Å². The Hall–Kier alpha value is -1.05. The summed E-state index contributed by atoms with van der Waals surface area (Å²) >= 11 is 11.5. The number of fused-ring (bicyclic) bond motifs is 1. The fourth-order valence-electron chi connectivity index (χ4n) is 1.49. The van der Waals surface area contributed by atoms with Crippen LogP contribution in [0.4, 0.5) is 0 Å². The third-order valence-corrected chi connectivity index (χ3v) is 2.78. The summed E-state index contributed by atoms with van der Waals surface area (Å²) in [7, 11) is 0. The predicted molar refractivity (Wildman–Crippen MR) is 63.8 cm³/mol. The number of hydrogen-bond donors (Lipinski definition) is 0. The number of hydrogen-bond acceptors (Lipinski definition) is 1. The molecule has 0 aliphatic carbocycles. The van der Waals surface area contributed by atoms with E-state index in [0.717, 1.165) is 22.6 Å². The van der Waals surface area contributed by atoms with Crippen molar-refractivity contribution in [1.29, 1.82) is 0 Å². The van der Waals surface area contributed by atoms with Gasteiger partial charge in [0.05, 0.1) is 0 Å². The van der Waals surface area contributed by atoms with Crippen LogP contribution in [-0.2, 0) is 0 Å². The van der Waals surface area contributed by atoms with Crippen molar-refractivity contribution in [3.8, 4) is 0 Å². The lowest BCUT2D eigenvalue weighted by molar-refractivity contribution is 0.112. The van der Waals surface area contributed by atoms with Gasteiger partial charge < -0.3 is 0 Å². The minimum absolute atomic E-state index is 0.514. The van der Waals surface area contributed by atoms with Gasteiger partial charge in [-0.25, -0.2) is 0 Å². The summed E-state index contributed by atoms with van der Waals surface area (Å²) in [5.41, 5.74) is 1.54. The lowest BCUT2D eigenvalue weighted by Gasteiger charge is -2.04. The van der Waals surface area contributed by atoms with Crippen LogP contribution in [-0.4, -0.2) is 6.29 Å². The Morgan fingerprint density at radius 3 is 2.33 bits per heavy atom. The van der Waals surface area contributed by atoms with Gasteiger partial charge in [0.25, 0.3) is 0 Å². The van der Waals surface area contributed by atoms with Crippen LogP contribution in [0.15, 0.2) is 36.4 Å². The molecule has 15 heavy (non-hydrogen) atoms. The molecule has 0 heterocycles. The van der Waals surface area contributed by atoms with Crippen LogP contribution in [0.1, 0.15) is 20.8 Å². The Bertz CT molecular complexity index is 506. The third kappa shape index (κ3) is 2.14. The molecular formula is C12H8Cl2O. The Morgan fingerprint density at radius 2 is 1.67 bits per heavy atom. The first kappa shape index (κ1) is 10.5. The molecule has 0 unspecified atom stereocenters. The molecule has 0 aliphatic rings. The highest BCUT2D eigenvalue weighted by Gasteiger charge is 2.04. The Balaban J connectivity index is 2.59. The smallest absolute Gasteiger partial charge is 0.150 e. The van der Waals surface area contributed by atoms with Gasteiger partial charge in [0.1, 0.15) is 11.1 Å². The van der Waals surface area contributed by atoms with Crippen molar-refractivity contribution in [3.63, 3.8) is 0 Å². The van der Waals surface area contributed by atoms with E-state index in [4.69, 9.17) is 23.2 Å². The van der Waals surface area contributed by atoms with Gasteiger partial charge in [-0.1, -0.05) is 24.3 Å². The lowest BCUT2D eigenvalue weighted by atomic mass is 10.1. The van der Waals surface area contributed by atoms with Crippen molar-refractivity contribution in [3.05, 3.63) is 47.5 Å². The maximum atomic E-state index is 10.6. The number of alkyl halides is 2. The highest BCUT2D eigenvalue weighted by atomic mass is 35.5. The van der Waals surface area contributed by atoms with Gasteiger partial charge in [0, 0.05) is 5.56 Å². The highest BCUT2D eigenvalue weighted by Crippen LogP contribution is 2.27. The van der Waals surface area contributed by atoms with E-state index < -0.39 is 4.84 Å². The molecule has 2 rings (SSSR count). The Kier molecular flexibility index (Phi) is 2.94. The van der Waals surface area contributed by atoms with Crippen LogP contribution >= 0.6 is 23.2 Å². The normalized spacial score (nSPS) is 10.9. The quantitative estimate of drug-likeness (QED) is 0.568. The molecule has 0 saturated heterocycles. The molecule has 0 N–H and O–H groups in total. The van der Waals surface area contributed by atoms with Crippen molar-refractivity contribution < 1.29 is 4.79 Å². The second-order valence-corrected chi connectivity index (χ2v) is 4.38. The van der Waals surface area contributed by atoms with Gasteiger partial charge in [-0.15, -0.1) is 23.2 Å². The summed E-state index contributed by atoms with van der Waals surface area (Å²) < 4.78 is 0. The first-order valence-corrected chi connectivity index (χ1v) is 5.35. The maximum absolute atomic E-state index is 10.6. The number of aldehydes is 1. The molecule has 2 aromatic rings. The first-order valence-electron chi connectivity index (χ1n) is 4.48. The predicted octanol–water partition coefficient (Wildman–Crippen LogP) is 4.13. The van der Waals surface area contributed by atoms with Gasteiger partial charge in [-0.05, 0) is 28.5 Å². The second kappa shape index (κ2) is 4.21. The van der Waals surface area contributed by atoms with E-state index in [-0.39, 0.29) is 0 Å². The van der Waals surface area contributed by atoms with E-state index in [1.807, 2.05) is 30.3 Å². The third-order valence-electron chi connectivity index (χ3n) is 2.28. The van der Waals surface area contributed by atoms with Gasteiger partial charge in [-0.2, -0.15) is 0 Å². The largest absolute Gasteiger partial charge is 0.298 e. The van der Waals surface area contributed by atoms with Crippen LogP contribution in [0.25, 0.3) is 10.8 Å². The molecule has 0 amide bonds. The van der Waals surface area contributed by atoms with Crippen molar-refractivity contribution in [1.82, 2.24) is 0 Å². The van der Waals surface area contributed by atoms with Crippen LogP contribution in [0.5, 0.6) is 0 Å². The van der Waals surface area contributed by atoms with E-state index in [1.54, 1.807) is 6.07 Å².